The third-order valence-electron chi connectivity index (χ3n) is 4.63. The van der Waals surface area contributed by atoms with Crippen LogP contribution in [0.3, 0.4) is 0 Å². The highest BCUT2D eigenvalue weighted by Gasteiger charge is 2.36. The van der Waals surface area contributed by atoms with Crippen LogP contribution in [0.1, 0.15) is 53.9 Å². The molecule has 1 rings (SSSR count). The maximum absolute atomic E-state index is 12.3. The van der Waals surface area contributed by atoms with Crippen molar-refractivity contribution in [3.63, 3.8) is 0 Å². The van der Waals surface area contributed by atoms with E-state index in [1.807, 2.05) is 27.7 Å². The zero-order valence-corrected chi connectivity index (χ0v) is 14.0. The Morgan fingerprint density at radius 1 is 1.38 bits per heavy atom. The Morgan fingerprint density at radius 2 is 2.00 bits per heavy atom. The molecule has 1 aliphatic heterocycles. The Morgan fingerprint density at radius 3 is 2.52 bits per heavy atom. The first-order chi connectivity index (χ1) is 9.70. The van der Waals surface area contributed by atoms with Crippen LogP contribution in [0.4, 0.5) is 0 Å². The highest BCUT2D eigenvalue weighted by Crippen LogP contribution is 2.22. The lowest BCUT2D eigenvalue weighted by Gasteiger charge is -2.31. The molecule has 1 heterocycles. The van der Waals surface area contributed by atoms with Crippen LogP contribution in [-0.4, -0.2) is 46.6 Å². The van der Waals surface area contributed by atoms with Gasteiger partial charge < -0.3 is 15.3 Å². The van der Waals surface area contributed by atoms with Gasteiger partial charge in [-0.1, -0.05) is 34.1 Å². The fourth-order valence-corrected chi connectivity index (χ4v) is 2.63. The smallest absolute Gasteiger partial charge is 0.242 e. The molecule has 3 atom stereocenters. The molecular formula is C16H30N2O3. The minimum Gasteiger partial charge on any atom is -0.388 e. The summed E-state index contributed by atoms with van der Waals surface area (Å²) in [6.45, 7) is 10.3. The molecule has 21 heavy (non-hydrogen) atoms. The summed E-state index contributed by atoms with van der Waals surface area (Å²) in [6, 6.07) is -0.382. The van der Waals surface area contributed by atoms with Crippen LogP contribution in [0.2, 0.25) is 0 Å². The third-order valence-corrected chi connectivity index (χ3v) is 4.63. The molecule has 122 valence electrons. The van der Waals surface area contributed by atoms with Gasteiger partial charge in [-0.25, -0.2) is 0 Å². The van der Waals surface area contributed by atoms with Gasteiger partial charge in [-0.05, 0) is 25.7 Å². The molecule has 5 nitrogen and oxygen atoms in total. The first-order valence-electron chi connectivity index (χ1n) is 8.01. The van der Waals surface area contributed by atoms with Crippen LogP contribution in [0.15, 0.2) is 0 Å². The molecular weight excluding hydrogens is 268 g/mol. The SMILES string of the molecule is CCC(C)C(C)(O)CNC(=O)C1CCCN1C(=O)C(C)C. The van der Waals surface area contributed by atoms with Gasteiger partial charge in [-0.2, -0.15) is 0 Å². The quantitative estimate of drug-likeness (QED) is 0.781. The largest absolute Gasteiger partial charge is 0.388 e. The lowest BCUT2D eigenvalue weighted by atomic mass is 9.88. The molecule has 1 fully saturated rings. The Bertz CT molecular complexity index is 380. The average Bonchev–Trinajstić information content (AvgIpc) is 2.92. The van der Waals surface area contributed by atoms with E-state index in [1.165, 1.54) is 0 Å². The normalized spacial score (nSPS) is 23.0. The average molecular weight is 298 g/mol. The predicted octanol–water partition coefficient (Wildman–Crippen LogP) is 1.55. The van der Waals surface area contributed by atoms with Crippen molar-refractivity contribution in [3.8, 4) is 0 Å². The Kier molecular flexibility index (Phi) is 6.20. The number of hydrogen-bond donors (Lipinski definition) is 2. The monoisotopic (exact) mass is 298 g/mol. The third kappa shape index (κ3) is 4.43. The Labute approximate surface area is 128 Å². The van der Waals surface area contributed by atoms with Gasteiger partial charge in [0.05, 0.1) is 5.60 Å². The van der Waals surface area contributed by atoms with Gasteiger partial charge in [0, 0.05) is 19.0 Å². The topological polar surface area (TPSA) is 69.6 Å². The van der Waals surface area contributed by atoms with Gasteiger partial charge in [0.2, 0.25) is 11.8 Å². The number of nitrogens with one attached hydrogen (secondary N) is 1. The number of rotatable bonds is 6. The molecule has 0 aromatic heterocycles. The highest BCUT2D eigenvalue weighted by molar-refractivity contribution is 5.88. The van der Waals surface area contributed by atoms with E-state index >= 15 is 0 Å². The van der Waals surface area contributed by atoms with Gasteiger partial charge in [-0.3, -0.25) is 9.59 Å². The summed E-state index contributed by atoms with van der Waals surface area (Å²) in [6.07, 6.45) is 2.42. The summed E-state index contributed by atoms with van der Waals surface area (Å²) in [5, 5.41) is 13.2. The molecule has 2 N–H and O–H groups in total. The van der Waals surface area contributed by atoms with Crippen molar-refractivity contribution in [1.82, 2.24) is 10.2 Å². The molecule has 3 unspecified atom stereocenters. The molecule has 0 aromatic rings. The molecule has 0 saturated carbocycles. The van der Waals surface area contributed by atoms with Crippen molar-refractivity contribution < 1.29 is 14.7 Å². The summed E-state index contributed by atoms with van der Waals surface area (Å²) in [5.41, 5.74) is -0.921. The van der Waals surface area contributed by atoms with E-state index in [9.17, 15) is 14.7 Å². The number of aliphatic hydroxyl groups is 1. The number of hydrogen-bond acceptors (Lipinski definition) is 3. The lowest BCUT2D eigenvalue weighted by Crippen LogP contribution is -2.51. The molecule has 5 heteroatoms. The van der Waals surface area contributed by atoms with E-state index in [4.69, 9.17) is 0 Å². The second kappa shape index (κ2) is 7.25. The van der Waals surface area contributed by atoms with Crippen molar-refractivity contribution in [2.45, 2.75) is 65.5 Å². The fraction of sp³-hybridized carbons (Fsp3) is 0.875. The molecule has 0 aliphatic carbocycles. The van der Waals surface area contributed by atoms with Crippen LogP contribution in [-0.2, 0) is 9.59 Å². The van der Waals surface area contributed by atoms with Crippen LogP contribution >= 0.6 is 0 Å². The van der Waals surface area contributed by atoms with Crippen molar-refractivity contribution >= 4 is 11.8 Å². The van der Waals surface area contributed by atoms with E-state index in [-0.39, 0.29) is 36.2 Å². The first kappa shape index (κ1) is 18.0. The van der Waals surface area contributed by atoms with E-state index in [0.29, 0.717) is 13.0 Å². The lowest BCUT2D eigenvalue weighted by molar-refractivity contribution is -0.141. The van der Waals surface area contributed by atoms with Gasteiger partial charge in [-0.15, -0.1) is 0 Å². The predicted molar refractivity (Wildman–Crippen MR) is 82.7 cm³/mol. The van der Waals surface area contributed by atoms with Crippen LogP contribution in [0.5, 0.6) is 0 Å². The number of likely N-dealkylation sites (tertiary alicyclic amines) is 1. The second-order valence-electron chi connectivity index (χ2n) is 6.73. The van der Waals surface area contributed by atoms with Gasteiger partial charge in [0.15, 0.2) is 0 Å². The zero-order valence-electron chi connectivity index (χ0n) is 14.0. The van der Waals surface area contributed by atoms with Crippen LogP contribution < -0.4 is 5.32 Å². The maximum atomic E-state index is 12.3. The fourth-order valence-electron chi connectivity index (χ4n) is 2.63. The van der Waals surface area contributed by atoms with Gasteiger partial charge >= 0.3 is 0 Å². The van der Waals surface area contributed by atoms with E-state index in [2.05, 4.69) is 5.32 Å². The van der Waals surface area contributed by atoms with Crippen molar-refractivity contribution in [1.29, 1.82) is 0 Å². The van der Waals surface area contributed by atoms with Crippen molar-refractivity contribution in [3.05, 3.63) is 0 Å². The van der Waals surface area contributed by atoms with Crippen LogP contribution in [0.25, 0.3) is 0 Å². The summed E-state index contributed by atoms with van der Waals surface area (Å²) < 4.78 is 0. The summed E-state index contributed by atoms with van der Waals surface area (Å²) in [4.78, 5) is 26.1. The summed E-state index contributed by atoms with van der Waals surface area (Å²) >= 11 is 0. The van der Waals surface area contributed by atoms with Crippen molar-refractivity contribution in [2.24, 2.45) is 11.8 Å². The van der Waals surface area contributed by atoms with E-state index in [0.717, 1.165) is 12.8 Å². The number of carbonyl (C=O) groups is 2. The van der Waals surface area contributed by atoms with E-state index < -0.39 is 5.60 Å². The Balaban J connectivity index is 2.61. The maximum Gasteiger partial charge on any atom is 0.242 e. The number of amides is 2. The number of carbonyl (C=O) groups excluding carboxylic acids is 2. The van der Waals surface area contributed by atoms with Gasteiger partial charge in [0.1, 0.15) is 6.04 Å². The second-order valence-corrected chi connectivity index (χ2v) is 6.73. The summed E-state index contributed by atoms with van der Waals surface area (Å²) in [7, 11) is 0. The highest BCUT2D eigenvalue weighted by atomic mass is 16.3. The Hall–Kier alpha value is -1.10. The molecule has 2 amide bonds. The zero-order chi connectivity index (χ0) is 16.2. The molecule has 0 radical (unpaired) electrons. The van der Waals surface area contributed by atoms with Crippen LogP contribution in [0, 0.1) is 11.8 Å². The minimum absolute atomic E-state index is 0.0290. The molecule has 0 bridgehead atoms. The number of nitrogens with zero attached hydrogens (tertiary/aromatic N) is 1. The van der Waals surface area contributed by atoms with E-state index in [1.54, 1.807) is 11.8 Å². The summed E-state index contributed by atoms with van der Waals surface area (Å²) in [5.74, 6) is -0.109. The first-order valence-corrected chi connectivity index (χ1v) is 8.01. The molecule has 1 saturated heterocycles. The van der Waals surface area contributed by atoms with Gasteiger partial charge in [0.25, 0.3) is 0 Å². The molecule has 0 spiro atoms. The standard InChI is InChI=1S/C16H30N2O3/c1-6-12(4)16(5,21)10-17-14(19)13-8-7-9-18(13)15(20)11(2)3/h11-13,21H,6-10H2,1-5H3,(H,17,19). The molecule has 0 aromatic carbocycles. The minimum atomic E-state index is -0.921. The molecule has 1 aliphatic rings. The van der Waals surface area contributed by atoms with Crippen molar-refractivity contribution in [2.75, 3.05) is 13.1 Å².